The van der Waals surface area contributed by atoms with Gasteiger partial charge < -0.3 is 16.3 Å². The molecule has 8 heteroatoms. The molecule has 0 amide bonds. The molecule has 0 aliphatic rings. The molecule has 2 rings (SSSR count). The second-order valence-electron chi connectivity index (χ2n) is 5.42. The highest BCUT2D eigenvalue weighted by Gasteiger charge is 2.12. The summed E-state index contributed by atoms with van der Waals surface area (Å²) in [5.41, 5.74) is 15.6. The summed E-state index contributed by atoms with van der Waals surface area (Å²) in [5.74, 6) is -0.370. The van der Waals surface area contributed by atoms with Crippen molar-refractivity contribution in [3.8, 4) is 0 Å². The highest BCUT2D eigenvalue weighted by Crippen LogP contribution is 2.20. The molecule has 0 spiro atoms. The maximum atomic E-state index is 11.8. The van der Waals surface area contributed by atoms with Crippen molar-refractivity contribution in [2.75, 3.05) is 5.73 Å². The summed E-state index contributed by atoms with van der Waals surface area (Å²) in [6, 6.07) is 5.30. The van der Waals surface area contributed by atoms with Crippen LogP contribution in [0.1, 0.15) is 28.9 Å². The molecule has 0 unspecified atom stereocenters. The van der Waals surface area contributed by atoms with E-state index in [0.717, 1.165) is 21.4 Å². The highest BCUT2D eigenvalue weighted by molar-refractivity contribution is 9.10. The van der Waals surface area contributed by atoms with Crippen LogP contribution < -0.4 is 11.5 Å². The van der Waals surface area contributed by atoms with Crippen LogP contribution in [0, 0.1) is 20.8 Å². The van der Waals surface area contributed by atoms with E-state index in [9.17, 15) is 4.79 Å². The van der Waals surface area contributed by atoms with Crippen molar-refractivity contribution in [2.24, 2.45) is 10.9 Å². The van der Waals surface area contributed by atoms with Crippen LogP contribution in [-0.4, -0.2) is 21.6 Å². The van der Waals surface area contributed by atoms with Crippen LogP contribution in [0.15, 0.2) is 27.8 Å². The first-order valence-electron chi connectivity index (χ1n) is 7.39. The number of nitrogens with zero attached hydrogens (tertiary/aromatic N) is 3. The molecule has 4 N–H and O–H groups in total. The third-order valence-corrected chi connectivity index (χ3v) is 4.87. The van der Waals surface area contributed by atoms with E-state index in [1.807, 2.05) is 20.8 Å². The Morgan fingerprint density at radius 1 is 1.38 bits per heavy atom. The zero-order chi connectivity index (χ0) is 17.9. The minimum Gasteiger partial charge on any atom is -0.398 e. The standard InChI is InChI=1S/C16H20BrN5O2/c1-9-12(5-4-6-13(9)18)16(19)21-24-14(23)7-8-22-11(3)15(17)10(2)20-22/h4-6H,7-8,18H2,1-3H3,(H2,19,21). The van der Waals surface area contributed by atoms with Gasteiger partial charge in [-0.05, 0) is 48.3 Å². The predicted molar refractivity (Wildman–Crippen MR) is 96.4 cm³/mol. The van der Waals surface area contributed by atoms with Crippen LogP contribution in [0.5, 0.6) is 0 Å². The third-order valence-electron chi connectivity index (χ3n) is 3.72. The molecule has 1 aromatic heterocycles. The first-order valence-corrected chi connectivity index (χ1v) is 8.18. The lowest BCUT2D eigenvalue weighted by molar-refractivity contribution is -0.144. The van der Waals surface area contributed by atoms with Gasteiger partial charge in [-0.3, -0.25) is 4.68 Å². The molecule has 0 atom stereocenters. The van der Waals surface area contributed by atoms with Crippen LogP contribution in [0.3, 0.4) is 0 Å². The molecule has 0 fully saturated rings. The van der Waals surface area contributed by atoms with Crippen molar-refractivity contribution in [3.63, 3.8) is 0 Å². The Morgan fingerprint density at radius 3 is 2.71 bits per heavy atom. The number of rotatable bonds is 5. The summed E-state index contributed by atoms with van der Waals surface area (Å²) >= 11 is 3.45. The molecule has 1 heterocycles. The van der Waals surface area contributed by atoms with Gasteiger partial charge >= 0.3 is 5.97 Å². The van der Waals surface area contributed by atoms with Gasteiger partial charge in [-0.25, -0.2) is 4.79 Å². The molecule has 7 nitrogen and oxygen atoms in total. The molecule has 1 aromatic carbocycles. The van der Waals surface area contributed by atoms with E-state index in [2.05, 4.69) is 26.2 Å². The molecule has 0 aliphatic carbocycles. The molecule has 0 radical (unpaired) electrons. The van der Waals surface area contributed by atoms with E-state index >= 15 is 0 Å². The smallest absolute Gasteiger partial charge is 0.336 e. The Balaban J connectivity index is 1.97. The fourth-order valence-corrected chi connectivity index (χ4v) is 2.50. The number of benzene rings is 1. The SMILES string of the molecule is Cc1nn(CCC(=O)O/N=C(\N)c2cccc(N)c2C)c(C)c1Br. The van der Waals surface area contributed by atoms with Gasteiger partial charge in [0.25, 0.3) is 0 Å². The van der Waals surface area contributed by atoms with Gasteiger partial charge in [-0.2, -0.15) is 5.10 Å². The fourth-order valence-electron chi connectivity index (χ4n) is 2.22. The van der Waals surface area contributed by atoms with Crippen molar-refractivity contribution >= 4 is 33.4 Å². The molecule has 0 saturated carbocycles. The van der Waals surface area contributed by atoms with Crippen molar-refractivity contribution in [3.05, 3.63) is 45.2 Å². The number of anilines is 1. The number of nitrogens with two attached hydrogens (primary N) is 2. The molecule has 0 bridgehead atoms. The van der Waals surface area contributed by atoms with Gasteiger partial charge in [-0.1, -0.05) is 17.3 Å². The van der Waals surface area contributed by atoms with Crippen molar-refractivity contribution < 1.29 is 9.63 Å². The summed E-state index contributed by atoms with van der Waals surface area (Å²) < 4.78 is 2.69. The first-order chi connectivity index (χ1) is 11.3. The zero-order valence-corrected chi connectivity index (χ0v) is 15.4. The van der Waals surface area contributed by atoms with Crippen molar-refractivity contribution in [2.45, 2.75) is 33.7 Å². The lowest BCUT2D eigenvalue weighted by Gasteiger charge is -2.07. The lowest BCUT2D eigenvalue weighted by Crippen LogP contribution is -2.17. The third kappa shape index (κ3) is 3.94. The summed E-state index contributed by atoms with van der Waals surface area (Å²) in [5, 5.41) is 8.04. The Kier molecular flexibility index (Phi) is 5.61. The molecule has 0 saturated heterocycles. The summed E-state index contributed by atoms with van der Waals surface area (Å²) in [6.07, 6.45) is 0.140. The van der Waals surface area contributed by atoms with E-state index in [1.165, 1.54) is 0 Å². The summed E-state index contributed by atoms with van der Waals surface area (Å²) in [6.45, 7) is 6.05. The van der Waals surface area contributed by atoms with E-state index in [0.29, 0.717) is 17.8 Å². The van der Waals surface area contributed by atoms with E-state index < -0.39 is 5.97 Å². The molecule has 2 aromatic rings. The van der Waals surface area contributed by atoms with Crippen LogP contribution in [0.2, 0.25) is 0 Å². The molecular formula is C16H20BrN5O2. The Bertz CT molecular complexity index is 798. The first kappa shape index (κ1) is 18.0. The van der Waals surface area contributed by atoms with Crippen LogP contribution in [-0.2, 0) is 16.2 Å². The van der Waals surface area contributed by atoms with Gasteiger partial charge in [0.05, 0.1) is 23.1 Å². The summed E-state index contributed by atoms with van der Waals surface area (Å²) in [7, 11) is 0. The van der Waals surface area contributed by atoms with Gasteiger partial charge in [0.2, 0.25) is 0 Å². The number of carbonyl (C=O) groups is 1. The molecule has 24 heavy (non-hydrogen) atoms. The largest absolute Gasteiger partial charge is 0.398 e. The van der Waals surface area contributed by atoms with Gasteiger partial charge in [0.15, 0.2) is 5.84 Å². The number of hydrogen-bond donors (Lipinski definition) is 2. The molecular weight excluding hydrogens is 374 g/mol. The Morgan fingerprint density at radius 2 is 2.08 bits per heavy atom. The number of aryl methyl sites for hydroxylation is 2. The second kappa shape index (κ2) is 7.48. The number of carbonyl (C=O) groups excluding carboxylic acids is 1. The number of halogens is 1. The van der Waals surface area contributed by atoms with E-state index in [1.54, 1.807) is 22.9 Å². The Hall–Kier alpha value is -2.35. The minimum absolute atomic E-state index is 0.113. The number of amidine groups is 1. The van der Waals surface area contributed by atoms with Crippen molar-refractivity contribution in [1.29, 1.82) is 0 Å². The maximum absolute atomic E-state index is 11.8. The predicted octanol–water partition coefficient (Wildman–Crippen LogP) is 2.41. The van der Waals surface area contributed by atoms with E-state index in [-0.39, 0.29) is 12.3 Å². The lowest BCUT2D eigenvalue weighted by atomic mass is 10.1. The molecule has 128 valence electrons. The average molecular weight is 394 g/mol. The van der Waals surface area contributed by atoms with Crippen LogP contribution in [0.25, 0.3) is 0 Å². The maximum Gasteiger partial charge on any atom is 0.336 e. The van der Waals surface area contributed by atoms with Gasteiger partial charge in [0, 0.05) is 16.9 Å². The minimum atomic E-state index is -0.483. The molecule has 0 aliphatic heterocycles. The van der Waals surface area contributed by atoms with Gasteiger partial charge in [0.1, 0.15) is 0 Å². The highest BCUT2D eigenvalue weighted by atomic mass is 79.9. The Labute approximate surface area is 148 Å². The number of nitrogen functional groups attached to an aromatic ring is 1. The second-order valence-corrected chi connectivity index (χ2v) is 6.21. The zero-order valence-electron chi connectivity index (χ0n) is 13.8. The van der Waals surface area contributed by atoms with Crippen molar-refractivity contribution in [1.82, 2.24) is 9.78 Å². The number of oxime groups is 1. The normalized spacial score (nSPS) is 11.6. The quantitative estimate of drug-likeness (QED) is 0.266. The topological polar surface area (TPSA) is 109 Å². The average Bonchev–Trinajstić information content (AvgIpc) is 2.80. The van der Waals surface area contributed by atoms with Gasteiger partial charge in [-0.15, -0.1) is 0 Å². The van der Waals surface area contributed by atoms with E-state index in [4.69, 9.17) is 16.3 Å². The summed E-state index contributed by atoms with van der Waals surface area (Å²) in [4.78, 5) is 16.7. The monoisotopic (exact) mass is 393 g/mol. The fraction of sp³-hybridized carbons (Fsp3) is 0.312. The van der Waals surface area contributed by atoms with Crippen LogP contribution >= 0.6 is 15.9 Å². The number of aromatic nitrogens is 2. The van der Waals surface area contributed by atoms with Crippen LogP contribution in [0.4, 0.5) is 5.69 Å². The number of hydrogen-bond acceptors (Lipinski definition) is 5.